The van der Waals surface area contributed by atoms with Crippen molar-refractivity contribution in [3.05, 3.63) is 75.3 Å². The number of aryl methyl sites for hydroxylation is 1. The molecule has 1 aliphatic heterocycles. The zero-order chi connectivity index (χ0) is 15.1. The third-order valence-corrected chi connectivity index (χ3v) is 4.36. The van der Waals surface area contributed by atoms with Crippen molar-refractivity contribution in [1.29, 1.82) is 0 Å². The summed E-state index contributed by atoms with van der Waals surface area (Å²) in [4.78, 5) is 16.5. The molecule has 0 saturated carbocycles. The van der Waals surface area contributed by atoms with Crippen LogP contribution in [0.5, 0.6) is 0 Å². The Kier molecular flexibility index (Phi) is 3.09. The molecule has 3 nitrogen and oxygen atoms in total. The van der Waals surface area contributed by atoms with Crippen LogP contribution in [0.1, 0.15) is 17.8 Å². The molecule has 0 unspecified atom stereocenters. The van der Waals surface area contributed by atoms with Gasteiger partial charge in [-0.1, -0.05) is 41.9 Å². The average Bonchev–Trinajstić information content (AvgIpc) is 2.93. The van der Waals surface area contributed by atoms with Crippen molar-refractivity contribution in [2.45, 2.75) is 13.0 Å². The molecule has 4 heteroatoms. The predicted octanol–water partition coefficient (Wildman–Crippen LogP) is 3.99. The second-order valence-electron chi connectivity index (χ2n) is 5.35. The topological polar surface area (TPSA) is 34.9 Å². The molecule has 1 aromatic heterocycles. The maximum absolute atomic E-state index is 12.2. The first-order chi connectivity index (χ1) is 10.7. The standard InChI is InChI=1S/C18H13ClN2O/c19-15-7-3-1-5-12(15)11-13-9-10-21-16-8-4-2-6-14(16)18(22)20-17(13)21/h1-8,11H,9-10H2. The molecule has 0 fully saturated rings. The summed E-state index contributed by atoms with van der Waals surface area (Å²) in [7, 11) is 0. The summed E-state index contributed by atoms with van der Waals surface area (Å²) in [5.74, 6) is 0.753. The highest BCUT2D eigenvalue weighted by molar-refractivity contribution is 6.32. The number of rotatable bonds is 1. The molecule has 0 spiro atoms. The van der Waals surface area contributed by atoms with E-state index in [4.69, 9.17) is 11.6 Å². The molecular formula is C18H13ClN2O. The van der Waals surface area contributed by atoms with E-state index in [0.717, 1.165) is 35.4 Å². The van der Waals surface area contributed by atoms with E-state index in [1.54, 1.807) is 0 Å². The summed E-state index contributed by atoms with van der Waals surface area (Å²) in [5, 5.41) is 1.38. The van der Waals surface area contributed by atoms with Crippen LogP contribution in [0, 0.1) is 0 Å². The van der Waals surface area contributed by atoms with Crippen LogP contribution in [-0.2, 0) is 6.54 Å². The van der Waals surface area contributed by atoms with Crippen molar-refractivity contribution < 1.29 is 0 Å². The predicted molar refractivity (Wildman–Crippen MR) is 89.9 cm³/mol. The summed E-state index contributed by atoms with van der Waals surface area (Å²) >= 11 is 6.22. The van der Waals surface area contributed by atoms with E-state index in [9.17, 15) is 4.79 Å². The van der Waals surface area contributed by atoms with Crippen molar-refractivity contribution in [3.8, 4) is 0 Å². The molecule has 0 N–H and O–H groups in total. The van der Waals surface area contributed by atoms with Gasteiger partial charge in [0.2, 0.25) is 0 Å². The van der Waals surface area contributed by atoms with Gasteiger partial charge in [-0.2, -0.15) is 4.98 Å². The van der Waals surface area contributed by atoms with Crippen LogP contribution in [0.4, 0.5) is 0 Å². The fraction of sp³-hybridized carbons (Fsp3) is 0.111. The van der Waals surface area contributed by atoms with Crippen LogP contribution < -0.4 is 5.56 Å². The largest absolute Gasteiger partial charge is 0.325 e. The molecular weight excluding hydrogens is 296 g/mol. The first-order valence-corrected chi connectivity index (χ1v) is 7.57. The van der Waals surface area contributed by atoms with Crippen molar-refractivity contribution in [3.63, 3.8) is 0 Å². The summed E-state index contributed by atoms with van der Waals surface area (Å²) in [5.41, 5.74) is 2.78. The quantitative estimate of drug-likeness (QED) is 0.681. The lowest BCUT2D eigenvalue weighted by Gasteiger charge is -2.07. The molecule has 0 amide bonds. The highest BCUT2D eigenvalue weighted by Gasteiger charge is 2.20. The number of hydrogen-bond donors (Lipinski definition) is 0. The Morgan fingerprint density at radius 3 is 2.73 bits per heavy atom. The fourth-order valence-corrected chi connectivity index (χ4v) is 3.14. The minimum atomic E-state index is -0.172. The zero-order valence-electron chi connectivity index (χ0n) is 11.8. The van der Waals surface area contributed by atoms with Gasteiger partial charge >= 0.3 is 0 Å². The monoisotopic (exact) mass is 308 g/mol. The Hall–Kier alpha value is -2.39. The lowest BCUT2D eigenvalue weighted by atomic mass is 10.1. The normalized spacial score (nSPS) is 15.4. The Morgan fingerprint density at radius 1 is 1.09 bits per heavy atom. The number of allylic oxidation sites excluding steroid dienone is 1. The molecule has 0 saturated heterocycles. The van der Waals surface area contributed by atoms with E-state index in [1.807, 2.05) is 54.6 Å². The van der Waals surface area contributed by atoms with E-state index in [0.29, 0.717) is 10.4 Å². The first-order valence-electron chi connectivity index (χ1n) is 7.19. The van der Waals surface area contributed by atoms with Crippen LogP contribution in [0.2, 0.25) is 5.02 Å². The molecule has 2 heterocycles. The molecule has 0 atom stereocenters. The van der Waals surface area contributed by atoms with E-state index >= 15 is 0 Å². The van der Waals surface area contributed by atoms with E-state index in [2.05, 4.69) is 9.55 Å². The molecule has 0 radical (unpaired) electrons. The lowest BCUT2D eigenvalue weighted by Crippen LogP contribution is -2.14. The van der Waals surface area contributed by atoms with Gasteiger partial charge in [0.15, 0.2) is 0 Å². The highest BCUT2D eigenvalue weighted by atomic mass is 35.5. The van der Waals surface area contributed by atoms with Gasteiger partial charge in [0.25, 0.3) is 5.56 Å². The summed E-state index contributed by atoms with van der Waals surface area (Å²) in [6.45, 7) is 0.833. The van der Waals surface area contributed by atoms with Crippen LogP contribution >= 0.6 is 11.6 Å². The number of para-hydroxylation sites is 1. The summed E-state index contributed by atoms with van der Waals surface area (Å²) in [6, 6.07) is 15.3. The molecule has 0 aliphatic carbocycles. The average molecular weight is 309 g/mol. The van der Waals surface area contributed by atoms with Gasteiger partial charge < -0.3 is 4.57 Å². The van der Waals surface area contributed by atoms with Gasteiger partial charge in [0.05, 0.1) is 10.9 Å². The molecule has 0 bridgehead atoms. The van der Waals surface area contributed by atoms with E-state index in [-0.39, 0.29) is 5.56 Å². The third-order valence-electron chi connectivity index (χ3n) is 4.02. The van der Waals surface area contributed by atoms with Crippen LogP contribution in [0.25, 0.3) is 22.6 Å². The third kappa shape index (κ3) is 2.06. The molecule has 3 aromatic rings. The molecule has 4 rings (SSSR count). The Balaban J connectivity index is 1.94. The molecule has 1 aliphatic rings. The van der Waals surface area contributed by atoms with Gasteiger partial charge in [-0.05, 0) is 41.8 Å². The van der Waals surface area contributed by atoms with Crippen molar-refractivity contribution >= 4 is 34.2 Å². The number of aromatic nitrogens is 2. The number of halogens is 1. The van der Waals surface area contributed by atoms with Gasteiger partial charge in [0.1, 0.15) is 5.82 Å². The molecule has 22 heavy (non-hydrogen) atoms. The first kappa shape index (κ1) is 13.3. The van der Waals surface area contributed by atoms with Crippen LogP contribution in [0.3, 0.4) is 0 Å². The fourth-order valence-electron chi connectivity index (χ4n) is 2.95. The van der Waals surface area contributed by atoms with Gasteiger partial charge in [-0.15, -0.1) is 0 Å². The minimum Gasteiger partial charge on any atom is -0.325 e. The number of fused-ring (bicyclic) bond motifs is 3. The minimum absolute atomic E-state index is 0.172. The van der Waals surface area contributed by atoms with Gasteiger partial charge in [-0.3, -0.25) is 4.79 Å². The molecule has 2 aromatic carbocycles. The number of benzene rings is 2. The van der Waals surface area contributed by atoms with E-state index < -0.39 is 0 Å². The smallest absolute Gasteiger partial charge is 0.281 e. The summed E-state index contributed by atoms with van der Waals surface area (Å²) < 4.78 is 2.11. The maximum Gasteiger partial charge on any atom is 0.281 e. The van der Waals surface area contributed by atoms with Crippen molar-refractivity contribution in [2.24, 2.45) is 0 Å². The van der Waals surface area contributed by atoms with Crippen LogP contribution in [0.15, 0.2) is 53.3 Å². The van der Waals surface area contributed by atoms with Crippen molar-refractivity contribution in [2.75, 3.05) is 0 Å². The zero-order valence-corrected chi connectivity index (χ0v) is 12.5. The molecule has 108 valence electrons. The highest BCUT2D eigenvalue weighted by Crippen LogP contribution is 2.30. The number of nitrogens with zero attached hydrogens (tertiary/aromatic N) is 2. The number of hydrogen-bond acceptors (Lipinski definition) is 2. The summed E-state index contributed by atoms with van der Waals surface area (Å²) in [6.07, 6.45) is 2.88. The maximum atomic E-state index is 12.2. The van der Waals surface area contributed by atoms with Crippen LogP contribution in [-0.4, -0.2) is 9.55 Å². The Bertz CT molecular complexity index is 972. The second kappa shape index (κ2) is 5.11. The Morgan fingerprint density at radius 2 is 1.86 bits per heavy atom. The Labute approximate surface area is 132 Å². The lowest BCUT2D eigenvalue weighted by molar-refractivity contribution is 0.772. The van der Waals surface area contributed by atoms with Gasteiger partial charge in [0, 0.05) is 11.6 Å². The SMILES string of the molecule is O=c1nc2n(c3ccccc13)CCC2=Cc1ccccc1Cl. The van der Waals surface area contributed by atoms with Crippen molar-refractivity contribution in [1.82, 2.24) is 9.55 Å². The van der Waals surface area contributed by atoms with E-state index in [1.165, 1.54) is 0 Å². The second-order valence-corrected chi connectivity index (χ2v) is 5.76. The van der Waals surface area contributed by atoms with Gasteiger partial charge in [-0.25, -0.2) is 0 Å².